The van der Waals surface area contributed by atoms with Crippen LogP contribution in [0.25, 0.3) is 0 Å². The maximum absolute atomic E-state index is 12.8. The van der Waals surface area contributed by atoms with Crippen molar-refractivity contribution >= 4 is 26.0 Å². The summed E-state index contributed by atoms with van der Waals surface area (Å²) in [7, 11) is -3.78. The van der Waals surface area contributed by atoms with Crippen LogP contribution in [-0.2, 0) is 27.5 Å². The normalized spacial score (nSPS) is 16.6. The van der Waals surface area contributed by atoms with Gasteiger partial charge < -0.3 is 0 Å². The zero-order chi connectivity index (χ0) is 18.3. The van der Waals surface area contributed by atoms with Crippen LogP contribution in [0.3, 0.4) is 0 Å². The Balaban J connectivity index is 1.78. The van der Waals surface area contributed by atoms with Crippen LogP contribution in [0.15, 0.2) is 53.0 Å². The van der Waals surface area contributed by atoms with E-state index in [1.807, 2.05) is 24.3 Å². The molecule has 2 aromatic carbocycles. The molecule has 0 amide bonds. The highest BCUT2D eigenvalue weighted by Gasteiger charge is 2.47. The molecule has 134 valence electrons. The lowest BCUT2D eigenvalue weighted by Crippen LogP contribution is -2.35. The number of sulfonamides is 1. The lowest BCUT2D eigenvalue weighted by atomic mass is 10.1. The van der Waals surface area contributed by atoms with Crippen LogP contribution in [0.4, 0.5) is 13.2 Å². The van der Waals surface area contributed by atoms with E-state index in [1.54, 1.807) is 0 Å². The van der Waals surface area contributed by atoms with Gasteiger partial charge in [-0.25, -0.2) is 13.1 Å². The second-order valence-electron chi connectivity index (χ2n) is 6.15. The Hall–Kier alpha value is -1.38. The summed E-state index contributed by atoms with van der Waals surface area (Å²) in [5, 5.41) is 0. The minimum Gasteiger partial charge on any atom is -0.212 e. The number of benzene rings is 2. The van der Waals surface area contributed by atoms with Crippen molar-refractivity contribution < 1.29 is 21.6 Å². The summed E-state index contributed by atoms with van der Waals surface area (Å²) in [4.78, 5) is 0. The zero-order valence-electron chi connectivity index (χ0n) is 13.0. The predicted octanol–water partition coefficient (Wildman–Crippen LogP) is 4.58. The molecule has 0 saturated heterocycles. The van der Waals surface area contributed by atoms with E-state index in [0.29, 0.717) is 12.8 Å². The molecular formula is C17H15BrF3NO2S. The molecule has 1 aliphatic carbocycles. The molecule has 0 heterocycles. The van der Waals surface area contributed by atoms with Crippen LogP contribution in [0.5, 0.6) is 0 Å². The second-order valence-corrected chi connectivity index (χ2v) is 8.79. The summed E-state index contributed by atoms with van der Waals surface area (Å²) >= 11 is 3.33. The third-order valence-electron chi connectivity index (χ3n) is 4.11. The first-order chi connectivity index (χ1) is 11.6. The fraction of sp³-hybridized carbons (Fsp3) is 0.294. The summed E-state index contributed by atoms with van der Waals surface area (Å²) in [6.07, 6.45) is -3.17. The van der Waals surface area contributed by atoms with Gasteiger partial charge in [0.25, 0.3) is 0 Å². The van der Waals surface area contributed by atoms with Crippen molar-refractivity contribution in [1.29, 1.82) is 0 Å². The van der Waals surface area contributed by atoms with Gasteiger partial charge in [-0.2, -0.15) is 13.2 Å². The zero-order valence-corrected chi connectivity index (χ0v) is 15.4. The van der Waals surface area contributed by atoms with Crippen molar-refractivity contribution in [3.63, 3.8) is 0 Å². The van der Waals surface area contributed by atoms with Crippen molar-refractivity contribution in [3.05, 3.63) is 69.7 Å². The van der Waals surface area contributed by atoms with Gasteiger partial charge in [-0.1, -0.05) is 46.3 Å². The van der Waals surface area contributed by atoms with Gasteiger partial charge in [-0.05, 0) is 42.2 Å². The van der Waals surface area contributed by atoms with Crippen LogP contribution in [-0.4, -0.2) is 8.42 Å². The van der Waals surface area contributed by atoms with E-state index >= 15 is 0 Å². The van der Waals surface area contributed by atoms with Crippen LogP contribution in [0, 0.1) is 0 Å². The van der Waals surface area contributed by atoms with Gasteiger partial charge in [-0.3, -0.25) is 0 Å². The summed E-state index contributed by atoms with van der Waals surface area (Å²) < 4.78 is 66.8. The summed E-state index contributed by atoms with van der Waals surface area (Å²) in [6.45, 7) is 0. The van der Waals surface area contributed by atoms with Crippen molar-refractivity contribution in [2.45, 2.75) is 30.3 Å². The molecule has 0 unspecified atom stereocenters. The first-order valence-electron chi connectivity index (χ1n) is 7.54. The first kappa shape index (κ1) is 18.4. The number of rotatable bonds is 5. The molecule has 3 rings (SSSR count). The van der Waals surface area contributed by atoms with Crippen LogP contribution < -0.4 is 4.72 Å². The second kappa shape index (κ2) is 6.41. The first-order valence-corrected chi connectivity index (χ1v) is 9.98. The van der Waals surface area contributed by atoms with Gasteiger partial charge in [0.05, 0.1) is 16.9 Å². The van der Waals surface area contributed by atoms with E-state index in [4.69, 9.17) is 0 Å². The van der Waals surface area contributed by atoms with E-state index in [1.165, 1.54) is 12.1 Å². The van der Waals surface area contributed by atoms with Crippen LogP contribution in [0.1, 0.15) is 29.5 Å². The molecule has 3 nitrogen and oxygen atoms in total. The molecule has 1 N–H and O–H groups in total. The molecule has 1 saturated carbocycles. The maximum atomic E-state index is 12.8. The van der Waals surface area contributed by atoms with Crippen molar-refractivity contribution in [3.8, 4) is 0 Å². The average Bonchev–Trinajstić information content (AvgIpc) is 3.26. The van der Waals surface area contributed by atoms with E-state index < -0.39 is 33.1 Å². The predicted molar refractivity (Wildman–Crippen MR) is 92.3 cm³/mol. The summed E-state index contributed by atoms with van der Waals surface area (Å²) in [6, 6.07) is 11.7. The molecule has 0 aliphatic heterocycles. The number of nitrogens with one attached hydrogen (secondary N) is 1. The molecule has 1 aliphatic rings. The van der Waals surface area contributed by atoms with Gasteiger partial charge in [0.1, 0.15) is 0 Å². The van der Waals surface area contributed by atoms with E-state index in [2.05, 4.69) is 20.7 Å². The molecule has 0 aromatic heterocycles. The Morgan fingerprint density at radius 2 is 1.72 bits per heavy atom. The maximum Gasteiger partial charge on any atom is 0.416 e. The van der Waals surface area contributed by atoms with Crippen molar-refractivity contribution in [1.82, 2.24) is 4.72 Å². The highest BCUT2D eigenvalue weighted by atomic mass is 79.9. The van der Waals surface area contributed by atoms with Crippen molar-refractivity contribution in [2.75, 3.05) is 0 Å². The lowest BCUT2D eigenvalue weighted by Gasteiger charge is -2.18. The monoisotopic (exact) mass is 433 g/mol. The number of halogens is 4. The van der Waals surface area contributed by atoms with Crippen LogP contribution in [0.2, 0.25) is 0 Å². The smallest absolute Gasteiger partial charge is 0.212 e. The molecule has 8 heteroatoms. The van der Waals surface area contributed by atoms with Gasteiger partial charge in [0, 0.05) is 4.47 Å². The lowest BCUT2D eigenvalue weighted by molar-refractivity contribution is -0.137. The van der Waals surface area contributed by atoms with Gasteiger partial charge >= 0.3 is 6.18 Å². The minimum absolute atomic E-state index is 0.105. The summed E-state index contributed by atoms with van der Waals surface area (Å²) in [5.41, 5.74) is -0.548. The summed E-state index contributed by atoms with van der Waals surface area (Å²) in [5.74, 6) is -0.491. The van der Waals surface area contributed by atoms with E-state index in [9.17, 15) is 21.6 Å². The standard InChI is InChI=1S/C17H15BrF3NO2S/c18-15-6-4-13(5-7-15)16(8-9-16)22-25(23,24)11-12-2-1-3-14(10-12)17(19,20)21/h1-7,10,22H,8-9,11H2. The Labute approximate surface area is 152 Å². The highest BCUT2D eigenvalue weighted by Crippen LogP contribution is 2.46. The van der Waals surface area contributed by atoms with Gasteiger partial charge in [0.2, 0.25) is 10.0 Å². The molecular weight excluding hydrogens is 419 g/mol. The molecule has 0 bridgehead atoms. The SMILES string of the molecule is O=S(=O)(Cc1cccc(C(F)(F)F)c1)NC1(c2ccc(Br)cc2)CC1. The quantitative estimate of drug-likeness (QED) is 0.749. The number of hydrogen-bond donors (Lipinski definition) is 1. The molecule has 0 spiro atoms. The third kappa shape index (κ3) is 4.43. The Morgan fingerprint density at radius 3 is 2.28 bits per heavy atom. The fourth-order valence-corrected chi connectivity index (χ4v) is 4.61. The van der Waals surface area contributed by atoms with E-state index in [-0.39, 0.29) is 5.56 Å². The largest absolute Gasteiger partial charge is 0.416 e. The molecule has 2 aromatic rings. The van der Waals surface area contributed by atoms with Gasteiger partial charge in [-0.15, -0.1) is 0 Å². The van der Waals surface area contributed by atoms with E-state index in [0.717, 1.165) is 22.2 Å². The number of hydrogen-bond acceptors (Lipinski definition) is 2. The van der Waals surface area contributed by atoms with Gasteiger partial charge in [0.15, 0.2) is 0 Å². The highest BCUT2D eigenvalue weighted by molar-refractivity contribution is 9.10. The Kier molecular flexibility index (Phi) is 4.72. The Morgan fingerprint density at radius 1 is 1.08 bits per heavy atom. The minimum atomic E-state index is -4.50. The third-order valence-corrected chi connectivity index (χ3v) is 6.05. The topological polar surface area (TPSA) is 46.2 Å². The molecule has 1 fully saturated rings. The fourth-order valence-electron chi connectivity index (χ4n) is 2.73. The molecule has 25 heavy (non-hydrogen) atoms. The molecule has 0 atom stereocenters. The van der Waals surface area contributed by atoms with Crippen molar-refractivity contribution in [2.24, 2.45) is 0 Å². The molecule has 0 radical (unpaired) electrons. The van der Waals surface area contributed by atoms with Crippen LogP contribution >= 0.6 is 15.9 Å². The number of alkyl halides is 3. The Bertz CT molecular complexity index is 876. The average molecular weight is 434 g/mol.